The van der Waals surface area contributed by atoms with Crippen molar-refractivity contribution in [3.8, 4) is 0 Å². The molecule has 1 saturated carbocycles. The van der Waals surface area contributed by atoms with Crippen LogP contribution >= 0.6 is 0 Å². The van der Waals surface area contributed by atoms with Crippen molar-refractivity contribution < 1.29 is 13.2 Å². The molecule has 1 aliphatic rings. The van der Waals surface area contributed by atoms with Crippen LogP contribution in [-0.2, 0) is 14.8 Å². The molecule has 0 radical (unpaired) electrons. The molecular formula is C13H19N3O3S. The summed E-state index contributed by atoms with van der Waals surface area (Å²) in [6.07, 6.45) is 1.86. The predicted octanol–water partition coefficient (Wildman–Crippen LogP) is 0.382. The molecule has 20 heavy (non-hydrogen) atoms. The Bertz CT molecular complexity index is 609. The topological polar surface area (TPSA) is 101 Å². The third-order valence-electron chi connectivity index (χ3n) is 3.12. The predicted molar refractivity (Wildman–Crippen MR) is 76.5 cm³/mol. The second kappa shape index (κ2) is 5.80. The second-order valence-electron chi connectivity index (χ2n) is 5.00. The summed E-state index contributed by atoms with van der Waals surface area (Å²) in [6.45, 7) is 2.27. The Morgan fingerprint density at radius 1 is 1.35 bits per heavy atom. The number of nitrogens with two attached hydrogens (primary N) is 1. The molecule has 0 saturated heterocycles. The molecule has 1 fully saturated rings. The number of anilines is 1. The second-order valence-corrected chi connectivity index (χ2v) is 6.74. The zero-order chi connectivity index (χ0) is 14.8. The van der Waals surface area contributed by atoms with Crippen LogP contribution < -0.4 is 15.8 Å². The normalized spacial score (nSPS) is 15.1. The van der Waals surface area contributed by atoms with Crippen molar-refractivity contribution in [1.29, 1.82) is 0 Å². The summed E-state index contributed by atoms with van der Waals surface area (Å²) in [7, 11) is -3.64. The smallest absolute Gasteiger partial charge is 0.242 e. The van der Waals surface area contributed by atoms with E-state index in [-0.39, 0.29) is 35.5 Å². The lowest BCUT2D eigenvalue weighted by atomic mass is 10.2. The average Bonchev–Trinajstić information content (AvgIpc) is 3.18. The molecule has 1 aromatic rings. The van der Waals surface area contributed by atoms with E-state index in [1.54, 1.807) is 12.1 Å². The van der Waals surface area contributed by atoms with Crippen molar-refractivity contribution in [2.45, 2.75) is 24.7 Å². The third kappa shape index (κ3) is 3.71. The molecule has 1 amide bonds. The Kier molecular flexibility index (Phi) is 4.29. The van der Waals surface area contributed by atoms with Gasteiger partial charge in [-0.05, 0) is 37.5 Å². The van der Waals surface area contributed by atoms with Crippen molar-refractivity contribution in [2.75, 3.05) is 18.8 Å². The highest BCUT2D eigenvalue weighted by molar-refractivity contribution is 7.89. The number of carbonyl (C=O) groups excluding carboxylic acids is 1. The van der Waals surface area contributed by atoms with Gasteiger partial charge in [-0.15, -0.1) is 0 Å². The van der Waals surface area contributed by atoms with Crippen LogP contribution in [-0.4, -0.2) is 27.4 Å². The van der Waals surface area contributed by atoms with E-state index in [9.17, 15) is 13.2 Å². The van der Waals surface area contributed by atoms with Crippen LogP contribution in [0.3, 0.4) is 0 Å². The van der Waals surface area contributed by atoms with Crippen LogP contribution in [0.2, 0.25) is 0 Å². The number of benzene rings is 1. The molecule has 0 heterocycles. The van der Waals surface area contributed by atoms with Crippen LogP contribution in [0, 0.1) is 12.8 Å². The van der Waals surface area contributed by atoms with Crippen molar-refractivity contribution in [1.82, 2.24) is 10.0 Å². The molecule has 0 atom stereocenters. The molecule has 4 N–H and O–H groups in total. The van der Waals surface area contributed by atoms with Gasteiger partial charge in [0.25, 0.3) is 0 Å². The highest BCUT2D eigenvalue weighted by Crippen LogP contribution is 2.28. The van der Waals surface area contributed by atoms with Crippen molar-refractivity contribution in [3.05, 3.63) is 23.8 Å². The van der Waals surface area contributed by atoms with Gasteiger partial charge in [0.15, 0.2) is 0 Å². The van der Waals surface area contributed by atoms with Crippen LogP contribution in [0.25, 0.3) is 0 Å². The molecule has 6 nitrogen and oxygen atoms in total. The van der Waals surface area contributed by atoms with Crippen LogP contribution in [0.1, 0.15) is 18.4 Å². The molecule has 7 heteroatoms. The van der Waals surface area contributed by atoms with Gasteiger partial charge in [-0.3, -0.25) is 4.79 Å². The molecule has 0 aliphatic heterocycles. The van der Waals surface area contributed by atoms with E-state index in [2.05, 4.69) is 10.0 Å². The number of rotatable bonds is 6. The monoisotopic (exact) mass is 297 g/mol. The first-order valence-electron chi connectivity index (χ1n) is 6.53. The zero-order valence-corrected chi connectivity index (χ0v) is 12.2. The van der Waals surface area contributed by atoms with Crippen molar-refractivity contribution in [3.63, 3.8) is 0 Å². The highest BCUT2D eigenvalue weighted by atomic mass is 32.2. The van der Waals surface area contributed by atoms with Crippen LogP contribution in [0.15, 0.2) is 23.1 Å². The van der Waals surface area contributed by atoms with Gasteiger partial charge in [-0.1, -0.05) is 6.07 Å². The first-order chi connectivity index (χ1) is 9.40. The maximum Gasteiger partial charge on any atom is 0.242 e. The minimum Gasteiger partial charge on any atom is -0.398 e. The number of hydrogen-bond donors (Lipinski definition) is 3. The molecule has 2 rings (SSSR count). The Hall–Kier alpha value is -1.60. The van der Waals surface area contributed by atoms with E-state index in [0.29, 0.717) is 0 Å². The number of hydrogen-bond acceptors (Lipinski definition) is 4. The van der Waals surface area contributed by atoms with E-state index >= 15 is 0 Å². The van der Waals surface area contributed by atoms with Gasteiger partial charge in [0.05, 0.1) is 5.69 Å². The number of amides is 1. The number of aryl methyl sites for hydroxylation is 1. The number of sulfonamides is 1. The average molecular weight is 297 g/mol. The summed E-state index contributed by atoms with van der Waals surface area (Å²) in [4.78, 5) is 11.4. The maximum atomic E-state index is 12.1. The van der Waals surface area contributed by atoms with Crippen LogP contribution in [0.5, 0.6) is 0 Å². The minimum absolute atomic E-state index is 0.000882. The van der Waals surface area contributed by atoms with Gasteiger partial charge in [0, 0.05) is 19.0 Å². The molecule has 1 aliphatic carbocycles. The lowest BCUT2D eigenvalue weighted by Gasteiger charge is -2.10. The summed E-state index contributed by atoms with van der Waals surface area (Å²) < 4.78 is 26.5. The Morgan fingerprint density at radius 2 is 2.05 bits per heavy atom. The van der Waals surface area contributed by atoms with E-state index in [0.717, 1.165) is 18.4 Å². The van der Waals surface area contributed by atoms with Gasteiger partial charge in [-0.2, -0.15) is 0 Å². The third-order valence-corrected chi connectivity index (χ3v) is 4.65. The van der Waals surface area contributed by atoms with Gasteiger partial charge >= 0.3 is 0 Å². The van der Waals surface area contributed by atoms with Gasteiger partial charge in [0.2, 0.25) is 15.9 Å². The van der Waals surface area contributed by atoms with Crippen LogP contribution in [0.4, 0.5) is 5.69 Å². The largest absolute Gasteiger partial charge is 0.398 e. The fourth-order valence-corrected chi connectivity index (χ4v) is 2.99. The van der Waals surface area contributed by atoms with E-state index in [1.807, 2.05) is 6.92 Å². The van der Waals surface area contributed by atoms with E-state index < -0.39 is 10.0 Å². The summed E-state index contributed by atoms with van der Waals surface area (Å²) in [5.74, 6) is 0.124. The fourth-order valence-electron chi connectivity index (χ4n) is 1.85. The van der Waals surface area contributed by atoms with Crippen molar-refractivity contribution in [2.24, 2.45) is 5.92 Å². The fraction of sp³-hybridized carbons (Fsp3) is 0.462. The minimum atomic E-state index is -3.64. The molecule has 110 valence electrons. The maximum absolute atomic E-state index is 12.1. The molecule has 1 aromatic carbocycles. The highest BCUT2D eigenvalue weighted by Gasteiger charge is 2.29. The van der Waals surface area contributed by atoms with E-state index in [4.69, 9.17) is 5.73 Å². The lowest BCUT2D eigenvalue weighted by Crippen LogP contribution is -2.35. The lowest BCUT2D eigenvalue weighted by molar-refractivity contribution is -0.122. The number of carbonyl (C=O) groups is 1. The quantitative estimate of drug-likeness (QED) is 0.522. The molecular weight excluding hydrogens is 278 g/mol. The SMILES string of the molecule is Cc1ccc(S(=O)(=O)NCCNC(=O)C2CC2)c(N)c1. The standard InChI is InChI=1S/C13H19N3O3S/c1-9-2-5-12(11(14)8-9)20(18,19)16-7-6-15-13(17)10-3-4-10/h2,5,8,10,16H,3-4,6-7,14H2,1H3,(H,15,17). The van der Waals surface area contributed by atoms with Crippen molar-refractivity contribution >= 4 is 21.6 Å². The first-order valence-corrected chi connectivity index (χ1v) is 8.02. The van der Waals surface area contributed by atoms with Gasteiger partial charge < -0.3 is 11.1 Å². The summed E-state index contributed by atoms with van der Waals surface area (Å²) in [6, 6.07) is 4.79. The van der Waals surface area contributed by atoms with Gasteiger partial charge in [0.1, 0.15) is 4.90 Å². The Balaban J connectivity index is 1.88. The first kappa shape index (κ1) is 14.8. The molecule has 0 bridgehead atoms. The Labute approximate surface area is 118 Å². The number of nitrogen functional groups attached to an aromatic ring is 1. The van der Waals surface area contributed by atoms with E-state index in [1.165, 1.54) is 6.07 Å². The Morgan fingerprint density at radius 3 is 2.65 bits per heavy atom. The molecule has 0 unspecified atom stereocenters. The zero-order valence-electron chi connectivity index (χ0n) is 11.3. The molecule has 0 aromatic heterocycles. The summed E-state index contributed by atoms with van der Waals surface area (Å²) in [5, 5.41) is 2.70. The molecule has 0 spiro atoms. The van der Waals surface area contributed by atoms with Gasteiger partial charge in [-0.25, -0.2) is 13.1 Å². The summed E-state index contributed by atoms with van der Waals surface area (Å²) in [5.41, 5.74) is 6.84. The number of nitrogens with one attached hydrogen (secondary N) is 2. The summed E-state index contributed by atoms with van der Waals surface area (Å²) >= 11 is 0.